The number of rotatable bonds is 6. The largest absolute Gasteiger partial charge is 0.477 e. The lowest BCUT2D eigenvalue weighted by Gasteiger charge is -2.29. The molecule has 0 aliphatic carbocycles. The molecule has 2 unspecified atom stereocenters. The molecule has 0 aromatic carbocycles. The van der Waals surface area contributed by atoms with E-state index in [1.807, 2.05) is 0 Å². The van der Waals surface area contributed by atoms with E-state index in [1.165, 1.54) is 17.7 Å². The topological polar surface area (TPSA) is 61.2 Å². The minimum absolute atomic E-state index is 0.365. The SMILES string of the molecule is C=CC(/C=C/Cl)C(C)(C=C)C(=N)C(=O)O. The predicted molar refractivity (Wildman–Crippen MR) is 62.3 cm³/mol. The van der Waals surface area contributed by atoms with Crippen LogP contribution in [0.4, 0.5) is 0 Å². The Morgan fingerprint density at radius 3 is 2.40 bits per heavy atom. The summed E-state index contributed by atoms with van der Waals surface area (Å²) >= 11 is 5.44. The summed E-state index contributed by atoms with van der Waals surface area (Å²) in [5.74, 6) is -1.64. The molecule has 0 saturated heterocycles. The summed E-state index contributed by atoms with van der Waals surface area (Å²) in [6, 6.07) is 0. The number of carboxylic acid groups (broad SMARTS) is 1. The van der Waals surface area contributed by atoms with Gasteiger partial charge >= 0.3 is 5.97 Å². The van der Waals surface area contributed by atoms with Crippen molar-refractivity contribution in [1.82, 2.24) is 0 Å². The fraction of sp³-hybridized carbons (Fsp3) is 0.273. The number of carboxylic acids is 1. The van der Waals surface area contributed by atoms with E-state index in [4.69, 9.17) is 22.1 Å². The number of nitrogens with one attached hydrogen (secondary N) is 1. The van der Waals surface area contributed by atoms with Gasteiger partial charge in [-0.15, -0.1) is 13.2 Å². The Morgan fingerprint density at radius 2 is 2.13 bits per heavy atom. The van der Waals surface area contributed by atoms with Crippen LogP contribution in [0.3, 0.4) is 0 Å². The maximum Gasteiger partial charge on any atom is 0.350 e. The molecule has 0 spiro atoms. The molecule has 0 radical (unpaired) electrons. The Balaban J connectivity index is 5.31. The maximum absolute atomic E-state index is 10.8. The highest BCUT2D eigenvalue weighted by atomic mass is 35.5. The Labute approximate surface area is 94.3 Å². The fourth-order valence-electron chi connectivity index (χ4n) is 1.24. The summed E-state index contributed by atoms with van der Waals surface area (Å²) in [7, 11) is 0. The van der Waals surface area contributed by atoms with Gasteiger partial charge in [-0.05, 0) is 6.92 Å². The number of allylic oxidation sites excluding steroid dienone is 3. The lowest BCUT2D eigenvalue weighted by molar-refractivity contribution is -0.130. The zero-order valence-corrected chi connectivity index (χ0v) is 9.29. The van der Waals surface area contributed by atoms with Gasteiger partial charge < -0.3 is 5.11 Å². The van der Waals surface area contributed by atoms with Crippen LogP contribution in [0.15, 0.2) is 36.9 Å². The monoisotopic (exact) mass is 227 g/mol. The molecule has 0 aromatic rings. The van der Waals surface area contributed by atoms with E-state index < -0.39 is 17.1 Å². The highest BCUT2D eigenvalue weighted by Crippen LogP contribution is 2.32. The van der Waals surface area contributed by atoms with Gasteiger partial charge in [0.25, 0.3) is 0 Å². The van der Waals surface area contributed by atoms with Crippen molar-refractivity contribution in [2.75, 3.05) is 0 Å². The van der Waals surface area contributed by atoms with Crippen molar-refractivity contribution in [2.45, 2.75) is 6.92 Å². The van der Waals surface area contributed by atoms with E-state index in [-0.39, 0.29) is 5.92 Å². The van der Waals surface area contributed by atoms with E-state index in [9.17, 15) is 4.79 Å². The van der Waals surface area contributed by atoms with Gasteiger partial charge in [0.15, 0.2) is 0 Å². The minimum Gasteiger partial charge on any atom is -0.477 e. The zero-order chi connectivity index (χ0) is 12.1. The van der Waals surface area contributed by atoms with Crippen molar-refractivity contribution in [3.63, 3.8) is 0 Å². The van der Waals surface area contributed by atoms with Crippen LogP contribution in [-0.2, 0) is 4.79 Å². The molecule has 4 heteroatoms. The summed E-state index contributed by atoms with van der Waals surface area (Å²) in [5, 5.41) is 16.3. The second-order valence-electron chi connectivity index (χ2n) is 3.25. The third-order valence-corrected chi connectivity index (χ3v) is 2.55. The molecule has 0 saturated carbocycles. The van der Waals surface area contributed by atoms with Gasteiger partial charge in [0.05, 0.1) is 0 Å². The molecule has 82 valence electrons. The number of hydrogen-bond acceptors (Lipinski definition) is 2. The average molecular weight is 228 g/mol. The number of aliphatic carboxylic acids is 1. The zero-order valence-electron chi connectivity index (χ0n) is 8.53. The van der Waals surface area contributed by atoms with Gasteiger partial charge in [-0.25, -0.2) is 4.79 Å². The molecular weight excluding hydrogens is 214 g/mol. The Bertz CT molecular complexity index is 323. The minimum atomic E-state index is -1.27. The molecule has 0 rings (SSSR count). The van der Waals surface area contributed by atoms with Crippen LogP contribution in [0, 0.1) is 16.7 Å². The van der Waals surface area contributed by atoms with E-state index in [0.717, 1.165) is 0 Å². The van der Waals surface area contributed by atoms with Crippen LogP contribution in [0.2, 0.25) is 0 Å². The van der Waals surface area contributed by atoms with Crippen LogP contribution in [0.1, 0.15) is 6.92 Å². The van der Waals surface area contributed by atoms with E-state index >= 15 is 0 Å². The molecule has 0 amide bonds. The Kier molecular flexibility index (Phi) is 5.02. The molecule has 2 N–H and O–H groups in total. The van der Waals surface area contributed by atoms with E-state index in [0.29, 0.717) is 0 Å². The molecule has 0 aliphatic rings. The van der Waals surface area contributed by atoms with Gasteiger partial charge in [0, 0.05) is 16.9 Å². The molecular formula is C11H14ClNO2. The molecule has 0 bridgehead atoms. The van der Waals surface area contributed by atoms with Crippen LogP contribution >= 0.6 is 11.6 Å². The lowest BCUT2D eigenvalue weighted by atomic mass is 9.73. The summed E-state index contributed by atoms with van der Waals surface area (Å²) < 4.78 is 0. The van der Waals surface area contributed by atoms with Gasteiger partial charge in [-0.1, -0.05) is 29.8 Å². The highest BCUT2D eigenvalue weighted by Gasteiger charge is 2.36. The normalized spacial score (nSPS) is 16.7. The smallest absolute Gasteiger partial charge is 0.350 e. The quantitative estimate of drug-likeness (QED) is 0.542. The Hall–Kier alpha value is -1.35. The third-order valence-electron chi connectivity index (χ3n) is 2.40. The van der Waals surface area contributed by atoms with Crippen molar-refractivity contribution in [3.05, 3.63) is 36.9 Å². The fourth-order valence-corrected chi connectivity index (χ4v) is 1.39. The summed E-state index contributed by atoms with van der Waals surface area (Å²) in [6.07, 6.45) is 4.54. The van der Waals surface area contributed by atoms with Gasteiger partial charge in [-0.3, -0.25) is 5.41 Å². The molecule has 0 fully saturated rings. The lowest BCUT2D eigenvalue weighted by Crippen LogP contribution is -2.36. The standard InChI is InChI=1S/C11H14ClNO2/c1-4-8(6-7-12)11(3,5-2)9(13)10(14)15/h4-8,13H,1-2H2,3H3,(H,14,15)/b7-6+,13-9?. The molecule has 0 heterocycles. The molecule has 3 nitrogen and oxygen atoms in total. The maximum atomic E-state index is 10.8. The first-order valence-corrected chi connectivity index (χ1v) is 4.73. The summed E-state index contributed by atoms with van der Waals surface area (Å²) in [4.78, 5) is 10.8. The average Bonchev–Trinajstić information content (AvgIpc) is 2.23. The van der Waals surface area contributed by atoms with Crippen LogP contribution in [0.25, 0.3) is 0 Å². The van der Waals surface area contributed by atoms with Crippen molar-refractivity contribution in [1.29, 1.82) is 5.41 Å². The Morgan fingerprint density at radius 1 is 1.60 bits per heavy atom. The first kappa shape index (κ1) is 13.7. The molecule has 2 atom stereocenters. The van der Waals surface area contributed by atoms with E-state index in [1.54, 1.807) is 13.0 Å². The van der Waals surface area contributed by atoms with Gasteiger partial charge in [0.2, 0.25) is 0 Å². The number of carbonyl (C=O) groups is 1. The summed E-state index contributed by atoms with van der Waals surface area (Å²) in [5.41, 5.74) is -0.153. The van der Waals surface area contributed by atoms with E-state index in [2.05, 4.69) is 13.2 Å². The molecule has 15 heavy (non-hydrogen) atoms. The van der Waals surface area contributed by atoms with Crippen molar-refractivity contribution in [3.8, 4) is 0 Å². The first-order valence-electron chi connectivity index (χ1n) is 4.29. The van der Waals surface area contributed by atoms with Gasteiger partial charge in [-0.2, -0.15) is 0 Å². The van der Waals surface area contributed by atoms with Crippen LogP contribution < -0.4 is 0 Å². The predicted octanol–water partition coefficient (Wildman–Crippen LogP) is 2.84. The van der Waals surface area contributed by atoms with Gasteiger partial charge in [0.1, 0.15) is 5.71 Å². The van der Waals surface area contributed by atoms with Crippen molar-refractivity contribution >= 4 is 23.3 Å². The second kappa shape index (κ2) is 5.51. The van der Waals surface area contributed by atoms with Crippen LogP contribution in [-0.4, -0.2) is 16.8 Å². The summed E-state index contributed by atoms with van der Waals surface area (Å²) in [6.45, 7) is 8.76. The molecule has 0 aliphatic heterocycles. The molecule has 0 aromatic heterocycles. The highest BCUT2D eigenvalue weighted by molar-refractivity contribution is 6.37. The third kappa shape index (κ3) is 2.80. The van der Waals surface area contributed by atoms with Crippen molar-refractivity contribution < 1.29 is 9.90 Å². The van der Waals surface area contributed by atoms with Crippen LogP contribution in [0.5, 0.6) is 0 Å². The van der Waals surface area contributed by atoms with Crippen molar-refractivity contribution in [2.24, 2.45) is 11.3 Å². The second-order valence-corrected chi connectivity index (χ2v) is 3.50. The number of hydrogen-bond donors (Lipinski definition) is 2. The number of halogens is 1. The first-order chi connectivity index (χ1) is 6.93.